The van der Waals surface area contributed by atoms with Crippen LogP contribution in [-0.2, 0) is 11.3 Å². The maximum Gasteiger partial charge on any atom is 0.254 e. The van der Waals surface area contributed by atoms with Gasteiger partial charge < -0.3 is 15.4 Å². The lowest BCUT2D eigenvalue weighted by Gasteiger charge is -2.12. The van der Waals surface area contributed by atoms with E-state index in [-0.39, 0.29) is 23.8 Å². The highest BCUT2D eigenvalue weighted by molar-refractivity contribution is 7.99. The van der Waals surface area contributed by atoms with E-state index in [0.717, 1.165) is 5.75 Å². The minimum absolute atomic E-state index is 0.0222. The third-order valence-electron chi connectivity index (χ3n) is 5.07. The topological polar surface area (TPSA) is 98.1 Å². The molecule has 37 heavy (non-hydrogen) atoms. The van der Waals surface area contributed by atoms with Crippen molar-refractivity contribution in [3.05, 3.63) is 95.0 Å². The Morgan fingerprint density at radius 3 is 2.57 bits per heavy atom. The number of benzene rings is 3. The average Bonchev–Trinajstić information content (AvgIpc) is 3.30. The molecule has 0 aliphatic heterocycles. The molecule has 1 heterocycles. The van der Waals surface area contributed by atoms with Gasteiger partial charge in [0.25, 0.3) is 5.91 Å². The molecule has 190 valence electrons. The molecule has 0 aliphatic rings. The number of aromatic nitrogens is 3. The highest BCUT2D eigenvalue weighted by Gasteiger charge is 2.18. The van der Waals surface area contributed by atoms with E-state index in [2.05, 4.69) is 20.8 Å². The van der Waals surface area contributed by atoms with Crippen LogP contribution in [0.25, 0.3) is 5.69 Å². The van der Waals surface area contributed by atoms with Crippen LogP contribution in [0.2, 0.25) is 5.02 Å². The first kappa shape index (κ1) is 26.2. The van der Waals surface area contributed by atoms with Gasteiger partial charge >= 0.3 is 0 Å². The van der Waals surface area contributed by atoms with Crippen molar-refractivity contribution in [3.8, 4) is 11.4 Å². The van der Waals surface area contributed by atoms with E-state index < -0.39 is 11.7 Å². The highest BCUT2D eigenvalue weighted by atomic mass is 35.5. The number of thioether (sulfide) groups is 1. The number of ether oxygens (including phenoxy) is 1. The summed E-state index contributed by atoms with van der Waals surface area (Å²) >= 11 is 7.37. The third-order valence-corrected chi connectivity index (χ3v) is 6.24. The molecule has 0 spiro atoms. The first-order chi connectivity index (χ1) is 17.9. The summed E-state index contributed by atoms with van der Waals surface area (Å²) in [5, 5.41) is 14.8. The Hall–Kier alpha value is -3.89. The molecule has 0 saturated carbocycles. The summed E-state index contributed by atoms with van der Waals surface area (Å²) in [6.07, 6.45) is 0. The monoisotopic (exact) mass is 539 g/mol. The van der Waals surface area contributed by atoms with E-state index in [1.54, 1.807) is 53.1 Å². The lowest BCUT2D eigenvalue weighted by atomic mass is 10.2. The van der Waals surface area contributed by atoms with Gasteiger partial charge in [-0.15, -0.1) is 10.2 Å². The van der Waals surface area contributed by atoms with Gasteiger partial charge in [-0.2, -0.15) is 0 Å². The molecule has 0 fully saturated rings. The van der Waals surface area contributed by atoms with E-state index in [1.807, 2.05) is 13.0 Å². The molecule has 8 nitrogen and oxygen atoms in total. The Bertz CT molecular complexity index is 1400. The van der Waals surface area contributed by atoms with Crippen LogP contribution < -0.4 is 15.4 Å². The van der Waals surface area contributed by atoms with Crippen molar-refractivity contribution in [2.45, 2.75) is 18.6 Å². The number of rotatable bonds is 10. The second-order valence-electron chi connectivity index (χ2n) is 7.67. The SMILES string of the molecule is CCOc1ccc(NC(=O)CSc2nnc(CNC(=O)c3ccccc3F)n2-c2cccc(Cl)c2)cc1. The number of anilines is 1. The lowest BCUT2D eigenvalue weighted by Crippen LogP contribution is -2.25. The first-order valence-corrected chi connectivity index (χ1v) is 12.7. The number of hydrogen-bond donors (Lipinski definition) is 2. The number of carbonyl (C=O) groups is 2. The number of hydrogen-bond acceptors (Lipinski definition) is 6. The average molecular weight is 540 g/mol. The van der Waals surface area contributed by atoms with Gasteiger partial charge in [0.15, 0.2) is 11.0 Å². The molecule has 0 radical (unpaired) electrons. The molecule has 0 saturated heterocycles. The quantitative estimate of drug-likeness (QED) is 0.271. The summed E-state index contributed by atoms with van der Waals surface area (Å²) in [7, 11) is 0. The van der Waals surface area contributed by atoms with Crippen LogP contribution in [0.3, 0.4) is 0 Å². The van der Waals surface area contributed by atoms with Gasteiger partial charge in [-0.25, -0.2) is 4.39 Å². The summed E-state index contributed by atoms with van der Waals surface area (Å²) in [5.41, 5.74) is 1.22. The van der Waals surface area contributed by atoms with E-state index in [9.17, 15) is 14.0 Å². The molecule has 3 aromatic carbocycles. The van der Waals surface area contributed by atoms with Crippen LogP contribution in [0.5, 0.6) is 5.75 Å². The molecular formula is C26H23ClFN5O3S. The van der Waals surface area contributed by atoms with Crippen LogP contribution in [0.1, 0.15) is 23.1 Å². The predicted molar refractivity (Wildman–Crippen MR) is 141 cm³/mol. The van der Waals surface area contributed by atoms with Crippen molar-refractivity contribution in [1.82, 2.24) is 20.1 Å². The number of carbonyl (C=O) groups excluding carboxylic acids is 2. The van der Waals surface area contributed by atoms with Crippen LogP contribution in [0.15, 0.2) is 78.0 Å². The summed E-state index contributed by atoms with van der Waals surface area (Å²) in [5.74, 6) is -0.258. The van der Waals surface area contributed by atoms with Gasteiger partial charge in [-0.1, -0.05) is 41.6 Å². The van der Waals surface area contributed by atoms with Gasteiger partial charge in [0.05, 0.1) is 30.2 Å². The number of nitrogens with zero attached hydrogens (tertiary/aromatic N) is 3. The molecule has 0 bridgehead atoms. The molecule has 4 rings (SSSR count). The lowest BCUT2D eigenvalue weighted by molar-refractivity contribution is -0.113. The summed E-state index contributed by atoms with van der Waals surface area (Å²) in [6, 6.07) is 19.8. The fourth-order valence-corrected chi connectivity index (χ4v) is 4.37. The normalized spacial score (nSPS) is 10.7. The van der Waals surface area contributed by atoms with Crippen LogP contribution >= 0.6 is 23.4 Å². The van der Waals surface area contributed by atoms with Crippen LogP contribution in [0, 0.1) is 5.82 Å². The van der Waals surface area contributed by atoms with Crippen LogP contribution in [0.4, 0.5) is 10.1 Å². The van der Waals surface area contributed by atoms with E-state index in [1.165, 1.54) is 30.0 Å². The maximum atomic E-state index is 14.0. The van der Waals surface area contributed by atoms with E-state index in [4.69, 9.17) is 16.3 Å². The van der Waals surface area contributed by atoms with Crippen molar-refractivity contribution in [3.63, 3.8) is 0 Å². The molecule has 0 atom stereocenters. The fourth-order valence-electron chi connectivity index (χ4n) is 3.41. The minimum Gasteiger partial charge on any atom is -0.494 e. The number of nitrogens with one attached hydrogen (secondary N) is 2. The molecule has 2 N–H and O–H groups in total. The van der Waals surface area contributed by atoms with Crippen LogP contribution in [-0.4, -0.2) is 38.9 Å². The zero-order valence-electron chi connectivity index (χ0n) is 19.8. The van der Waals surface area contributed by atoms with Crippen molar-refractivity contribution in [1.29, 1.82) is 0 Å². The van der Waals surface area contributed by atoms with Crippen molar-refractivity contribution < 1.29 is 18.7 Å². The third kappa shape index (κ3) is 6.87. The Labute approximate surface area is 222 Å². The van der Waals surface area contributed by atoms with Crippen molar-refractivity contribution in [2.75, 3.05) is 17.7 Å². The Kier molecular flexibility index (Phi) is 8.76. The van der Waals surface area contributed by atoms with Gasteiger partial charge in [0, 0.05) is 10.7 Å². The Balaban J connectivity index is 1.48. The Morgan fingerprint density at radius 2 is 1.84 bits per heavy atom. The Morgan fingerprint density at radius 1 is 1.05 bits per heavy atom. The molecule has 4 aromatic rings. The molecule has 2 amide bonds. The standard InChI is InChI=1S/C26H23ClFN5O3S/c1-2-36-20-12-10-18(11-13-20)30-24(34)16-37-26-32-31-23(33(26)19-7-5-6-17(27)14-19)15-29-25(35)21-8-3-4-9-22(21)28/h3-14H,2,15-16H2,1H3,(H,29,35)(H,30,34). The van der Waals surface area contributed by atoms with Gasteiger partial charge in [0.2, 0.25) is 5.91 Å². The summed E-state index contributed by atoms with van der Waals surface area (Å²) in [4.78, 5) is 25.1. The second-order valence-corrected chi connectivity index (χ2v) is 9.05. The van der Waals surface area contributed by atoms with Crippen molar-refractivity contribution >= 4 is 40.9 Å². The maximum absolute atomic E-state index is 14.0. The van der Waals surface area contributed by atoms with Gasteiger partial charge in [-0.3, -0.25) is 14.2 Å². The molecule has 0 aliphatic carbocycles. The number of halogens is 2. The summed E-state index contributed by atoms with van der Waals surface area (Å²) < 4.78 is 21.1. The predicted octanol–water partition coefficient (Wildman–Crippen LogP) is 5.12. The molecular weight excluding hydrogens is 517 g/mol. The first-order valence-electron chi connectivity index (χ1n) is 11.3. The smallest absolute Gasteiger partial charge is 0.254 e. The van der Waals surface area contributed by atoms with E-state index in [0.29, 0.717) is 34.0 Å². The van der Waals surface area contributed by atoms with Gasteiger partial charge in [0.1, 0.15) is 11.6 Å². The van der Waals surface area contributed by atoms with Crippen molar-refractivity contribution in [2.24, 2.45) is 0 Å². The largest absolute Gasteiger partial charge is 0.494 e. The zero-order chi connectivity index (χ0) is 26.2. The van der Waals surface area contributed by atoms with Gasteiger partial charge in [-0.05, 0) is 61.5 Å². The molecule has 11 heteroatoms. The second kappa shape index (κ2) is 12.4. The highest BCUT2D eigenvalue weighted by Crippen LogP contribution is 2.25. The molecule has 0 unspecified atom stereocenters. The number of amides is 2. The minimum atomic E-state index is -0.619. The van der Waals surface area contributed by atoms with E-state index >= 15 is 0 Å². The fraction of sp³-hybridized carbons (Fsp3) is 0.154. The summed E-state index contributed by atoms with van der Waals surface area (Å²) in [6.45, 7) is 2.44. The zero-order valence-corrected chi connectivity index (χ0v) is 21.4. The molecule has 1 aromatic heterocycles.